The predicted molar refractivity (Wildman–Crippen MR) is 118 cm³/mol. The average molecular weight is 415 g/mol. The summed E-state index contributed by atoms with van der Waals surface area (Å²) in [4.78, 5) is 11.3. The molecule has 0 saturated carbocycles. The molecule has 28 heavy (non-hydrogen) atoms. The van der Waals surface area contributed by atoms with Crippen LogP contribution in [0, 0.1) is 0 Å². The number of halogens is 1. The zero-order chi connectivity index (χ0) is 19.7. The van der Waals surface area contributed by atoms with Crippen molar-refractivity contribution in [2.24, 2.45) is 0 Å². The average Bonchev–Trinajstić information content (AvgIpc) is 2.66. The zero-order valence-electron chi connectivity index (χ0n) is 17.7. The van der Waals surface area contributed by atoms with Crippen LogP contribution in [0.15, 0.2) is 18.2 Å². The van der Waals surface area contributed by atoms with Gasteiger partial charge in [0.15, 0.2) is 0 Å². The molecule has 0 aromatic heterocycles. The van der Waals surface area contributed by atoms with Crippen molar-refractivity contribution < 1.29 is 19.4 Å². The van der Waals surface area contributed by atoms with Crippen LogP contribution in [-0.2, 0) is 0 Å². The van der Waals surface area contributed by atoms with Crippen LogP contribution in [0.2, 0.25) is 0 Å². The summed E-state index contributed by atoms with van der Waals surface area (Å²) in [5.74, 6) is 0.215. The van der Waals surface area contributed by atoms with Crippen molar-refractivity contribution in [3.8, 4) is 11.5 Å². The molecule has 1 aromatic carbocycles. The first-order valence-electron chi connectivity index (χ1n) is 10.8. The lowest BCUT2D eigenvalue weighted by molar-refractivity contribution is 0.0695. The van der Waals surface area contributed by atoms with E-state index in [-0.39, 0.29) is 18.0 Å². The van der Waals surface area contributed by atoms with Gasteiger partial charge in [0.25, 0.3) is 0 Å². The van der Waals surface area contributed by atoms with Gasteiger partial charge >= 0.3 is 5.97 Å². The van der Waals surface area contributed by atoms with Crippen LogP contribution in [0.5, 0.6) is 11.5 Å². The van der Waals surface area contributed by atoms with E-state index in [9.17, 15) is 9.90 Å². The summed E-state index contributed by atoms with van der Waals surface area (Å²) < 4.78 is 11.5. The minimum absolute atomic E-state index is 0. The molecular formula is C23H39ClO4. The van der Waals surface area contributed by atoms with Gasteiger partial charge in [0, 0.05) is 6.07 Å². The molecule has 0 heterocycles. The number of ether oxygens (including phenoxy) is 2. The second kappa shape index (κ2) is 17.7. The van der Waals surface area contributed by atoms with Crippen molar-refractivity contribution in [2.45, 2.75) is 90.9 Å². The summed E-state index contributed by atoms with van der Waals surface area (Å²) in [6, 6.07) is 4.97. The first kappa shape index (κ1) is 26.6. The molecule has 0 aliphatic heterocycles. The van der Waals surface area contributed by atoms with Gasteiger partial charge in [-0.25, -0.2) is 4.79 Å². The molecule has 1 N–H and O–H groups in total. The minimum atomic E-state index is -0.954. The predicted octanol–water partition coefficient (Wildman–Crippen LogP) is 7.29. The van der Waals surface area contributed by atoms with Crippen molar-refractivity contribution >= 4 is 18.4 Å². The molecule has 0 radical (unpaired) electrons. The van der Waals surface area contributed by atoms with Crippen LogP contribution >= 0.6 is 12.4 Å². The van der Waals surface area contributed by atoms with E-state index >= 15 is 0 Å². The molecule has 0 aliphatic carbocycles. The number of benzene rings is 1. The number of hydrogen-bond donors (Lipinski definition) is 1. The van der Waals surface area contributed by atoms with Crippen LogP contribution in [0.1, 0.15) is 101 Å². The van der Waals surface area contributed by atoms with Crippen molar-refractivity contribution in [1.29, 1.82) is 0 Å². The fourth-order valence-electron chi connectivity index (χ4n) is 3.01. The fourth-order valence-corrected chi connectivity index (χ4v) is 3.01. The third-order valence-corrected chi connectivity index (χ3v) is 4.66. The van der Waals surface area contributed by atoms with Crippen LogP contribution in [0.3, 0.4) is 0 Å². The number of rotatable bonds is 17. The van der Waals surface area contributed by atoms with Gasteiger partial charge in [0.05, 0.1) is 18.8 Å². The normalized spacial score (nSPS) is 10.4. The Balaban J connectivity index is 0.00000729. The molecule has 0 spiro atoms. The number of aromatic carboxylic acids is 1. The van der Waals surface area contributed by atoms with E-state index in [0.717, 1.165) is 25.7 Å². The quantitative estimate of drug-likeness (QED) is 0.272. The molecule has 1 rings (SSSR count). The maximum atomic E-state index is 11.3. The summed E-state index contributed by atoms with van der Waals surface area (Å²) in [6.07, 6.45) is 14.4. The number of unbranched alkanes of at least 4 members (excludes halogenated alkanes) is 10. The second-order valence-corrected chi connectivity index (χ2v) is 7.23. The minimum Gasteiger partial charge on any atom is -0.493 e. The summed E-state index contributed by atoms with van der Waals surface area (Å²) in [5.41, 5.74) is 0.216. The third kappa shape index (κ3) is 12.9. The van der Waals surface area contributed by atoms with Gasteiger partial charge in [-0.1, -0.05) is 78.1 Å². The molecule has 0 amide bonds. The number of hydrogen-bond acceptors (Lipinski definition) is 3. The SMILES string of the molecule is CCCCCCCCOc1cc(OCCCCCCCC)cc(C(=O)O)c1.Cl. The number of carbonyl (C=O) groups is 1. The fraction of sp³-hybridized carbons (Fsp3) is 0.696. The second-order valence-electron chi connectivity index (χ2n) is 7.23. The summed E-state index contributed by atoms with van der Waals surface area (Å²) >= 11 is 0. The Morgan fingerprint density at radius 3 is 1.50 bits per heavy atom. The highest BCUT2D eigenvalue weighted by atomic mass is 35.5. The lowest BCUT2D eigenvalue weighted by Crippen LogP contribution is -2.03. The monoisotopic (exact) mass is 414 g/mol. The number of carboxylic acids is 1. The van der Waals surface area contributed by atoms with Crippen molar-refractivity contribution in [3.63, 3.8) is 0 Å². The maximum absolute atomic E-state index is 11.3. The third-order valence-electron chi connectivity index (χ3n) is 4.66. The van der Waals surface area contributed by atoms with Crippen LogP contribution < -0.4 is 9.47 Å². The first-order chi connectivity index (χ1) is 13.2. The summed E-state index contributed by atoms with van der Waals surface area (Å²) in [6.45, 7) is 5.66. The molecule has 4 nitrogen and oxygen atoms in total. The van der Waals surface area contributed by atoms with Gasteiger partial charge in [0.1, 0.15) is 11.5 Å². The van der Waals surface area contributed by atoms with Crippen LogP contribution in [0.4, 0.5) is 0 Å². The highest BCUT2D eigenvalue weighted by molar-refractivity contribution is 5.88. The summed E-state index contributed by atoms with van der Waals surface area (Å²) in [5, 5.41) is 9.31. The standard InChI is InChI=1S/C23H38O4.ClH/c1-3-5-7-9-11-13-15-26-21-17-20(23(24)25)18-22(19-21)27-16-14-12-10-8-6-4-2;/h17-19H,3-16H2,1-2H3,(H,24,25);1H. The van der Waals surface area contributed by atoms with E-state index in [1.54, 1.807) is 18.2 Å². The molecular weight excluding hydrogens is 376 g/mol. The molecule has 1 aromatic rings. The molecule has 0 bridgehead atoms. The molecule has 0 atom stereocenters. The summed E-state index contributed by atoms with van der Waals surface area (Å²) in [7, 11) is 0. The Hall–Kier alpha value is -1.42. The van der Waals surface area contributed by atoms with Crippen molar-refractivity contribution in [2.75, 3.05) is 13.2 Å². The van der Waals surface area contributed by atoms with Gasteiger partial charge in [-0.3, -0.25) is 0 Å². The number of carboxylic acid groups (broad SMARTS) is 1. The van der Waals surface area contributed by atoms with Gasteiger partial charge in [-0.2, -0.15) is 0 Å². The Morgan fingerprint density at radius 2 is 1.11 bits per heavy atom. The van der Waals surface area contributed by atoms with Gasteiger partial charge in [-0.05, 0) is 25.0 Å². The van der Waals surface area contributed by atoms with Gasteiger partial charge in [-0.15, -0.1) is 12.4 Å². The molecule has 0 saturated heterocycles. The molecule has 162 valence electrons. The Bertz CT molecular complexity index is 483. The topological polar surface area (TPSA) is 55.8 Å². The molecule has 0 aliphatic rings. The van der Waals surface area contributed by atoms with E-state index < -0.39 is 5.97 Å². The van der Waals surface area contributed by atoms with Crippen LogP contribution in [-0.4, -0.2) is 24.3 Å². The smallest absolute Gasteiger partial charge is 0.335 e. The highest BCUT2D eigenvalue weighted by Gasteiger charge is 2.09. The highest BCUT2D eigenvalue weighted by Crippen LogP contribution is 2.24. The van der Waals surface area contributed by atoms with Crippen molar-refractivity contribution in [3.05, 3.63) is 23.8 Å². The molecule has 0 fully saturated rings. The van der Waals surface area contributed by atoms with E-state index in [0.29, 0.717) is 24.7 Å². The zero-order valence-corrected chi connectivity index (χ0v) is 18.5. The Labute approximate surface area is 177 Å². The Kier molecular flexibility index (Phi) is 16.8. The molecule has 0 unspecified atom stereocenters. The Morgan fingerprint density at radius 1 is 0.714 bits per heavy atom. The van der Waals surface area contributed by atoms with E-state index in [1.807, 2.05) is 0 Å². The lowest BCUT2D eigenvalue weighted by Gasteiger charge is -2.11. The van der Waals surface area contributed by atoms with Gasteiger partial charge < -0.3 is 14.6 Å². The van der Waals surface area contributed by atoms with Crippen LogP contribution in [0.25, 0.3) is 0 Å². The lowest BCUT2D eigenvalue weighted by atomic mass is 10.1. The van der Waals surface area contributed by atoms with E-state index in [2.05, 4.69) is 13.8 Å². The van der Waals surface area contributed by atoms with Gasteiger partial charge in [0.2, 0.25) is 0 Å². The molecule has 5 heteroatoms. The maximum Gasteiger partial charge on any atom is 0.335 e. The first-order valence-corrected chi connectivity index (χ1v) is 10.8. The van der Waals surface area contributed by atoms with E-state index in [1.165, 1.54) is 51.4 Å². The van der Waals surface area contributed by atoms with E-state index in [4.69, 9.17) is 9.47 Å². The largest absolute Gasteiger partial charge is 0.493 e. The van der Waals surface area contributed by atoms with Crippen molar-refractivity contribution in [1.82, 2.24) is 0 Å².